The fraction of sp³-hybridized carbons (Fsp3) is 0.250. The van der Waals surface area contributed by atoms with E-state index in [2.05, 4.69) is 84.3 Å². The number of hydrogen-bond donors (Lipinski definition) is 1. The van der Waals surface area contributed by atoms with Crippen LogP contribution in [0.15, 0.2) is 49.8 Å². The lowest BCUT2D eigenvalue weighted by Gasteiger charge is -2.22. The van der Waals surface area contributed by atoms with Crippen LogP contribution >= 0.6 is 47.8 Å². The summed E-state index contributed by atoms with van der Waals surface area (Å²) in [5.41, 5.74) is 2.38. The number of nitrogens with one attached hydrogen (secondary N) is 1. The molecular weight excluding hydrogens is 462 g/mol. The first-order chi connectivity index (χ1) is 10.1. The number of halogens is 3. The molecule has 0 saturated heterocycles. The minimum absolute atomic E-state index is 0.109. The number of benzene rings is 2. The molecular formula is C16H16Br3NO. The fourth-order valence-corrected chi connectivity index (χ4v) is 4.06. The lowest BCUT2D eigenvalue weighted by Crippen LogP contribution is -2.22. The van der Waals surface area contributed by atoms with Gasteiger partial charge in [-0.1, -0.05) is 66.8 Å². The van der Waals surface area contributed by atoms with E-state index in [4.69, 9.17) is 4.74 Å². The Labute approximate surface area is 150 Å². The predicted molar refractivity (Wildman–Crippen MR) is 98.1 cm³/mol. The van der Waals surface area contributed by atoms with E-state index in [0.717, 1.165) is 25.7 Å². The van der Waals surface area contributed by atoms with Gasteiger partial charge in [0.15, 0.2) is 0 Å². The quantitative estimate of drug-likeness (QED) is 0.598. The van der Waals surface area contributed by atoms with Gasteiger partial charge in [0, 0.05) is 13.4 Å². The van der Waals surface area contributed by atoms with Gasteiger partial charge in [0.05, 0.1) is 13.2 Å². The summed E-state index contributed by atoms with van der Waals surface area (Å²) in [7, 11) is 1.68. The van der Waals surface area contributed by atoms with Crippen LogP contribution in [0.3, 0.4) is 0 Å². The zero-order valence-corrected chi connectivity index (χ0v) is 16.5. The normalized spacial score (nSPS) is 12.2. The largest absolute Gasteiger partial charge is 0.497 e. The van der Waals surface area contributed by atoms with Crippen LogP contribution in [0.2, 0.25) is 0 Å². The first-order valence-corrected chi connectivity index (χ1v) is 8.96. The molecule has 112 valence electrons. The van der Waals surface area contributed by atoms with Gasteiger partial charge in [-0.2, -0.15) is 0 Å². The highest BCUT2D eigenvalue weighted by molar-refractivity contribution is 9.11. The average Bonchev–Trinajstić information content (AvgIpc) is 2.46. The molecule has 2 nitrogen and oxygen atoms in total. The lowest BCUT2D eigenvalue weighted by atomic mass is 9.98. The molecule has 1 unspecified atom stereocenters. The fourth-order valence-electron chi connectivity index (χ4n) is 2.20. The van der Waals surface area contributed by atoms with Gasteiger partial charge in [0.25, 0.3) is 0 Å². The van der Waals surface area contributed by atoms with E-state index >= 15 is 0 Å². The van der Waals surface area contributed by atoms with Crippen molar-refractivity contribution in [1.29, 1.82) is 0 Å². The molecule has 0 aliphatic carbocycles. The van der Waals surface area contributed by atoms with E-state index < -0.39 is 0 Å². The smallest absolute Gasteiger partial charge is 0.120 e. The number of methoxy groups -OCH3 is 1. The third kappa shape index (κ3) is 4.09. The maximum atomic E-state index is 5.27. The van der Waals surface area contributed by atoms with Gasteiger partial charge in [0.1, 0.15) is 5.75 Å². The monoisotopic (exact) mass is 475 g/mol. The number of rotatable bonds is 5. The van der Waals surface area contributed by atoms with Gasteiger partial charge in [-0.3, -0.25) is 0 Å². The lowest BCUT2D eigenvalue weighted by molar-refractivity contribution is 0.414. The van der Waals surface area contributed by atoms with Crippen molar-refractivity contribution in [1.82, 2.24) is 5.32 Å². The van der Waals surface area contributed by atoms with Crippen molar-refractivity contribution in [2.45, 2.75) is 13.0 Å². The standard InChI is InChI=1S/C16H16Br3NO/c1-3-20-16(12-6-4-10(17)8-14(12)18)13-7-5-11(21-2)9-15(13)19/h4-9,16,20H,3H2,1-2H3. The van der Waals surface area contributed by atoms with Gasteiger partial charge in [-0.05, 0) is 41.9 Å². The molecule has 0 spiro atoms. The van der Waals surface area contributed by atoms with Crippen LogP contribution in [0.25, 0.3) is 0 Å². The molecule has 5 heteroatoms. The van der Waals surface area contributed by atoms with Crippen molar-refractivity contribution in [3.05, 3.63) is 60.9 Å². The summed E-state index contributed by atoms with van der Waals surface area (Å²) in [6.45, 7) is 2.99. The Kier molecular flexibility index (Phi) is 6.29. The Bertz CT molecular complexity index is 631. The van der Waals surface area contributed by atoms with Crippen molar-refractivity contribution in [2.24, 2.45) is 0 Å². The van der Waals surface area contributed by atoms with Crippen molar-refractivity contribution < 1.29 is 4.74 Å². The Hall–Kier alpha value is -0.360. The van der Waals surface area contributed by atoms with Crippen LogP contribution in [-0.4, -0.2) is 13.7 Å². The van der Waals surface area contributed by atoms with Crippen LogP contribution < -0.4 is 10.1 Å². The molecule has 1 atom stereocenters. The first-order valence-electron chi connectivity index (χ1n) is 6.58. The Balaban J connectivity index is 2.48. The summed E-state index contributed by atoms with van der Waals surface area (Å²) in [5.74, 6) is 0.843. The molecule has 2 aromatic carbocycles. The Morgan fingerprint density at radius 2 is 1.62 bits per heavy atom. The van der Waals surface area contributed by atoms with Crippen molar-refractivity contribution in [3.8, 4) is 5.75 Å². The number of hydrogen-bond acceptors (Lipinski definition) is 2. The predicted octanol–water partition coefficient (Wildman–Crippen LogP) is 5.68. The molecule has 0 fully saturated rings. The van der Waals surface area contributed by atoms with E-state index in [1.165, 1.54) is 11.1 Å². The molecule has 0 saturated carbocycles. The summed E-state index contributed by atoms with van der Waals surface area (Å²) >= 11 is 10.8. The maximum Gasteiger partial charge on any atom is 0.120 e. The molecule has 0 amide bonds. The highest BCUT2D eigenvalue weighted by Gasteiger charge is 2.18. The van der Waals surface area contributed by atoms with Crippen LogP contribution in [0, 0.1) is 0 Å². The Morgan fingerprint density at radius 1 is 1.00 bits per heavy atom. The maximum absolute atomic E-state index is 5.27. The van der Waals surface area contributed by atoms with Crippen molar-refractivity contribution in [3.63, 3.8) is 0 Å². The summed E-state index contributed by atoms with van der Waals surface area (Å²) in [6, 6.07) is 12.4. The van der Waals surface area contributed by atoms with Crippen LogP contribution in [0.1, 0.15) is 24.1 Å². The zero-order valence-electron chi connectivity index (χ0n) is 11.8. The molecule has 0 heterocycles. The average molecular weight is 478 g/mol. The van der Waals surface area contributed by atoms with E-state index in [-0.39, 0.29) is 6.04 Å². The molecule has 2 rings (SSSR count). The van der Waals surface area contributed by atoms with Gasteiger partial charge < -0.3 is 10.1 Å². The minimum atomic E-state index is 0.109. The summed E-state index contributed by atoms with van der Waals surface area (Å²) in [6.07, 6.45) is 0. The zero-order chi connectivity index (χ0) is 15.4. The molecule has 21 heavy (non-hydrogen) atoms. The van der Waals surface area contributed by atoms with Crippen LogP contribution in [0.4, 0.5) is 0 Å². The van der Waals surface area contributed by atoms with Gasteiger partial charge in [-0.15, -0.1) is 0 Å². The SMILES string of the molecule is CCNC(c1ccc(Br)cc1Br)c1ccc(OC)cc1Br. The molecule has 0 bridgehead atoms. The van der Waals surface area contributed by atoms with E-state index in [1.54, 1.807) is 7.11 Å². The minimum Gasteiger partial charge on any atom is -0.497 e. The van der Waals surface area contributed by atoms with Gasteiger partial charge in [-0.25, -0.2) is 0 Å². The van der Waals surface area contributed by atoms with E-state index in [0.29, 0.717) is 0 Å². The molecule has 0 radical (unpaired) electrons. The Morgan fingerprint density at radius 3 is 2.14 bits per heavy atom. The molecule has 0 aliphatic rings. The topological polar surface area (TPSA) is 21.3 Å². The van der Waals surface area contributed by atoms with Crippen LogP contribution in [-0.2, 0) is 0 Å². The number of ether oxygens (including phenoxy) is 1. The van der Waals surface area contributed by atoms with Gasteiger partial charge in [0.2, 0.25) is 0 Å². The second kappa shape index (κ2) is 7.77. The third-order valence-electron chi connectivity index (χ3n) is 3.20. The highest BCUT2D eigenvalue weighted by atomic mass is 79.9. The van der Waals surface area contributed by atoms with Crippen molar-refractivity contribution >= 4 is 47.8 Å². The molecule has 0 aliphatic heterocycles. The molecule has 1 N–H and O–H groups in total. The summed E-state index contributed by atoms with van der Waals surface area (Å²) in [5, 5.41) is 3.54. The second-order valence-electron chi connectivity index (χ2n) is 4.54. The second-order valence-corrected chi connectivity index (χ2v) is 7.17. The first kappa shape index (κ1) is 17.0. The van der Waals surface area contributed by atoms with Gasteiger partial charge >= 0.3 is 0 Å². The third-order valence-corrected chi connectivity index (χ3v) is 5.07. The highest BCUT2D eigenvalue weighted by Crippen LogP contribution is 2.35. The van der Waals surface area contributed by atoms with E-state index in [1.807, 2.05) is 12.1 Å². The summed E-state index contributed by atoms with van der Waals surface area (Å²) < 4.78 is 8.43. The van der Waals surface area contributed by atoms with Crippen molar-refractivity contribution in [2.75, 3.05) is 13.7 Å². The van der Waals surface area contributed by atoms with E-state index in [9.17, 15) is 0 Å². The molecule has 2 aromatic rings. The summed E-state index contributed by atoms with van der Waals surface area (Å²) in [4.78, 5) is 0. The molecule has 0 aromatic heterocycles. The van der Waals surface area contributed by atoms with Crippen LogP contribution in [0.5, 0.6) is 5.75 Å².